The third-order valence-corrected chi connectivity index (χ3v) is 3.75. The summed E-state index contributed by atoms with van der Waals surface area (Å²) in [5.74, 6) is -1.57. The van der Waals surface area contributed by atoms with Gasteiger partial charge in [-0.05, 0) is 18.2 Å². The van der Waals surface area contributed by atoms with Gasteiger partial charge in [-0.25, -0.2) is 4.79 Å². The summed E-state index contributed by atoms with van der Waals surface area (Å²) in [4.78, 5) is 16.1. The molecule has 1 atom stereocenters. The van der Waals surface area contributed by atoms with Crippen molar-refractivity contribution >= 4 is 11.7 Å². The van der Waals surface area contributed by atoms with Gasteiger partial charge in [0.1, 0.15) is 0 Å². The molecule has 1 aromatic rings. The normalized spacial score (nSPS) is 22.5. The zero-order valence-electron chi connectivity index (χ0n) is 12.5. The number of oxime groups is 1. The number of alkyl halides is 2. The minimum atomic E-state index is -3.05. The Kier molecular flexibility index (Phi) is 4.52. The summed E-state index contributed by atoms with van der Waals surface area (Å²) in [5.41, 5.74) is 0.722. The molecule has 1 saturated heterocycles. The molecule has 24 heavy (non-hydrogen) atoms. The zero-order valence-corrected chi connectivity index (χ0v) is 12.5. The minimum Gasteiger partial charge on any atom is -0.479 e. The Morgan fingerprint density at radius 2 is 2.25 bits per heavy atom. The van der Waals surface area contributed by atoms with E-state index in [0.29, 0.717) is 30.9 Å². The minimum absolute atomic E-state index is 0.0958. The number of carbonyl (C=O) groups is 1. The van der Waals surface area contributed by atoms with Crippen LogP contribution in [-0.4, -0.2) is 48.8 Å². The van der Waals surface area contributed by atoms with Crippen LogP contribution in [0, 0.1) is 0 Å². The third kappa shape index (κ3) is 3.56. The molecule has 0 aromatic heterocycles. The highest BCUT2D eigenvalue weighted by Gasteiger charge is 2.43. The summed E-state index contributed by atoms with van der Waals surface area (Å²) in [5, 5.41) is 12.7. The van der Waals surface area contributed by atoms with Crippen molar-refractivity contribution in [3.8, 4) is 11.5 Å². The number of ether oxygens (including phenoxy) is 3. The first kappa shape index (κ1) is 16.4. The van der Waals surface area contributed by atoms with Crippen LogP contribution in [0.5, 0.6) is 11.5 Å². The summed E-state index contributed by atoms with van der Waals surface area (Å²) < 4.78 is 39.6. The van der Waals surface area contributed by atoms with Crippen molar-refractivity contribution in [3.63, 3.8) is 0 Å². The molecule has 130 valence electrons. The van der Waals surface area contributed by atoms with Gasteiger partial charge in [0.2, 0.25) is 0 Å². The Balaban J connectivity index is 1.81. The second kappa shape index (κ2) is 6.60. The molecule has 3 rings (SSSR count). The van der Waals surface area contributed by atoms with Crippen molar-refractivity contribution in [2.75, 3.05) is 19.8 Å². The SMILES string of the molecule is O=C(O)COc1cc(C2=NOC3(CCOC3)C2)ccc1OC(F)F. The Morgan fingerprint density at radius 1 is 1.42 bits per heavy atom. The predicted octanol–water partition coefficient (Wildman–Crippen LogP) is 2.03. The molecule has 0 saturated carbocycles. The van der Waals surface area contributed by atoms with Crippen molar-refractivity contribution < 1.29 is 37.7 Å². The number of hydrogen-bond donors (Lipinski definition) is 1. The molecule has 1 N–H and O–H groups in total. The second-order valence-electron chi connectivity index (χ2n) is 5.51. The highest BCUT2D eigenvalue weighted by atomic mass is 19.3. The topological polar surface area (TPSA) is 86.6 Å². The van der Waals surface area contributed by atoms with E-state index in [0.717, 1.165) is 6.42 Å². The lowest BCUT2D eigenvalue weighted by atomic mass is 9.93. The molecular weight excluding hydrogens is 328 g/mol. The average molecular weight is 343 g/mol. The number of nitrogens with zero attached hydrogens (tertiary/aromatic N) is 1. The Hall–Kier alpha value is -2.42. The Morgan fingerprint density at radius 3 is 2.92 bits per heavy atom. The molecule has 0 radical (unpaired) electrons. The van der Waals surface area contributed by atoms with Crippen LogP contribution in [0.2, 0.25) is 0 Å². The van der Waals surface area contributed by atoms with Gasteiger partial charge in [-0.15, -0.1) is 0 Å². The molecule has 2 aliphatic rings. The smallest absolute Gasteiger partial charge is 0.387 e. The van der Waals surface area contributed by atoms with Crippen molar-refractivity contribution in [3.05, 3.63) is 23.8 Å². The van der Waals surface area contributed by atoms with Crippen molar-refractivity contribution in [2.24, 2.45) is 5.16 Å². The maximum Gasteiger partial charge on any atom is 0.387 e. The van der Waals surface area contributed by atoms with Crippen LogP contribution >= 0.6 is 0 Å². The fraction of sp³-hybridized carbons (Fsp3) is 0.467. The van der Waals surface area contributed by atoms with Crippen LogP contribution in [0.1, 0.15) is 18.4 Å². The van der Waals surface area contributed by atoms with Crippen molar-refractivity contribution in [1.29, 1.82) is 0 Å². The van der Waals surface area contributed by atoms with Gasteiger partial charge in [-0.3, -0.25) is 0 Å². The summed E-state index contributed by atoms with van der Waals surface area (Å²) >= 11 is 0. The molecule has 1 aromatic carbocycles. The number of hydrogen-bond acceptors (Lipinski definition) is 6. The first-order valence-corrected chi connectivity index (χ1v) is 7.24. The number of aliphatic carboxylic acids is 1. The molecule has 0 bridgehead atoms. The van der Waals surface area contributed by atoms with Crippen molar-refractivity contribution in [2.45, 2.75) is 25.1 Å². The van der Waals surface area contributed by atoms with E-state index in [1.165, 1.54) is 12.1 Å². The summed E-state index contributed by atoms with van der Waals surface area (Å²) in [6.07, 6.45) is 1.23. The van der Waals surface area contributed by atoms with Gasteiger partial charge in [-0.2, -0.15) is 8.78 Å². The van der Waals surface area contributed by atoms with E-state index in [2.05, 4.69) is 9.89 Å². The summed E-state index contributed by atoms with van der Waals surface area (Å²) in [6.45, 7) is -2.69. The van der Waals surface area contributed by atoms with Crippen LogP contribution in [0.4, 0.5) is 8.78 Å². The van der Waals surface area contributed by atoms with E-state index in [1.807, 2.05) is 0 Å². The highest BCUT2D eigenvalue weighted by molar-refractivity contribution is 6.02. The lowest BCUT2D eigenvalue weighted by Crippen LogP contribution is -2.29. The van der Waals surface area contributed by atoms with Gasteiger partial charge in [0.25, 0.3) is 0 Å². The Bertz CT molecular complexity index is 657. The predicted molar refractivity (Wildman–Crippen MR) is 76.6 cm³/mol. The number of halogens is 2. The molecule has 0 aliphatic carbocycles. The standard InChI is InChI=1S/C15H15F2NO6/c16-14(17)23-11-2-1-9(5-12(11)22-7-13(19)20)10-6-15(24-18-10)3-4-21-8-15/h1-2,5,14H,3-4,6-8H2,(H,19,20). The molecule has 2 heterocycles. The van der Waals surface area contributed by atoms with Crippen LogP contribution in [-0.2, 0) is 14.4 Å². The molecule has 2 aliphatic heterocycles. The third-order valence-electron chi connectivity index (χ3n) is 3.75. The van der Waals surface area contributed by atoms with Gasteiger partial charge in [0, 0.05) is 18.4 Å². The number of carboxylic acids is 1. The zero-order chi connectivity index (χ0) is 17.2. The quantitative estimate of drug-likeness (QED) is 0.851. The summed E-state index contributed by atoms with van der Waals surface area (Å²) in [7, 11) is 0. The first-order chi connectivity index (χ1) is 11.5. The van der Waals surface area contributed by atoms with Crippen LogP contribution < -0.4 is 9.47 Å². The van der Waals surface area contributed by atoms with Crippen LogP contribution in [0.3, 0.4) is 0 Å². The van der Waals surface area contributed by atoms with Gasteiger partial charge >= 0.3 is 12.6 Å². The van der Waals surface area contributed by atoms with E-state index in [4.69, 9.17) is 19.4 Å². The molecule has 1 unspecified atom stereocenters. The monoisotopic (exact) mass is 343 g/mol. The molecule has 9 heteroatoms. The maximum atomic E-state index is 12.4. The van der Waals surface area contributed by atoms with Gasteiger partial charge in [-0.1, -0.05) is 5.16 Å². The Labute approximate surface area is 135 Å². The number of rotatable bonds is 6. The maximum absolute atomic E-state index is 12.4. The van der Waals surface area contributed by atoms with E-state index < -0.39 is 24.8 Å². The highest BCUT2D eigenvalue weighted by Crippen LogP contribution is 2.36. The van der Waals surface area contributed by atoms with E-state index in [9.17, 15) is 13.6 Å². The number of carboxylic acid groups (broad SMARTS) is 1. The molecule has 1 fully saturated rings. The largest absolute Gasteiger partial charge is 0.479 e. The van der Waals surface area contributed by atoms with E-state index >= 15 is 0 Å². The fourth-order valence-corrected chi connectivity index (χ4v) is 2.61. The lowest BCUT2D eigenvalue weighted by Gasteiger charge is -2.17. The van der Waals surface area contributed by atoms with Crippen molar-refractivity contribution in [1.82, 2.24) is 0 Å². The first-order valence-electron chi connectivity index (χ1n) is 7.24. The fourth-order valence-electron chi connectivity index (χ4n) is 2.61. The molecule has 1 spiro atoms. The van der Waals surface area contributed by atoms with E-state index in [-0.39, 0.29) is 11.5 Å². The van der Waals surface area contributed by atoms with E-state index in [1.54, 1.807) is 6.07 Å². The lowest BCUT2D eigenvalue weighted by molar-refractivity contribution is -0.139. The summed E-state index contributed by atoms with van der Waals surface area (Å²) in [6, 6.07) is 4.25. The van der Waals surface area contributed by atoms with Gasteiger partial charge < -0.3 is 24.2 Å². The number of benzene rings is 1. The van der Waals surface area contributed by atoms with Gasteiger partial charge in [0.15, 0.2) is 23.7 Å². The second-order valence-corrected chi connectivity index (χ2v) is 5.51. The average Bonchev–Trinajstić information content (AvgIpc) is 3.16. The molecule has 0 amide bonds. The van der Waals surface area contributed by atoms with Crippen LogP contribution in [0.15, 0.2) is 23.4 Å². The van der Waals surface area contributed by atoms with Gasteiger partial charge in [0.05, 0.1) is 18.9 Å². The molecule has 7 nitrogen and oxygen atoms in total. The molecular formula is C15H15F2NO6. The van der Waals surface area contributed by atoms with Crippen LogP contribution in [0.25, 0.3) is 0 Å².